The van der Waals surface area contributed by atoms with Gasteiger partial charge in [0.2, 0.25) is 0 Å². The first-order chi connectivity index (χ1) is 6.59. The number of aryl methyl sites for hydroxylation is 1. The third-order valence-corrected chi connectivity index (χ3v) is 3.19. The van der Waals surface area contributed by atoms with Crippen molar-refractivity contribution in [3.05, 3.63) is 20.3 Å². The van der Waals surface area contributed by atoms with Crippen molar-refractivity contribution in [2.45, 2.75) is 12.8 Å². The number of hydrogen-bond donors (Lipinski definition) is 2. The van der Waals surface area contributed by atoms with Gasteiger partial charge >= 0.3 is 0 Å². The van der Waals surface area contributed by atoms with Gasteiger partial charge in [0.25, 0.3) is 0 Å². The molecular weight excluding hydrogens is 241 g/mol. The van der Waals surface area contributed by atoms with E-state index in [1.807, 2.05) is 6.07 Å². The van der Waals surface area contributed by atoms with Gasteiger partial charge in [0, 0.05) is 6.54 Å². The number of nitrogens with two attached hydrogens (primary N) is 2. The molecule has 0 unspecified atom stereocenters. The second-order valence-corrected chi connectivity index (χ2v) is 5.05. The lowest BCUT2D eigenvalue weighted by molar-refractivity contribution is 0.834. The monoisotopic (exact) mass is 251 g/mol. The van der Waals surface area contributed by atoms with Gasteiger partial charge in [-0.2, -0.15) is 0 Å². The molecule has 0 saturated heterocycles. The van der Waals surface area contributed by atoms with E-state index in [9.17, 15) is 0 Å². The first-order valence-electron chi connectivity index (χ1n) is 4.08. The SMILES string of the molecule is NC(N)=NCCCc1cc(Cl)sc1Cl. The van der Waals surface area contributed by atoms with E-state index in [2.05, 4.69) is 4.99 Å². The van der Waals surface area contributed by atoms with Gasteiger partial charge in [0.05, 0.1) is 8.67 Å². The summed E-state index contributed by atoms with van der Waals surface area (Å²) in [6.45, 7) is 0.617. The molecule has 1 heterocycles. The molecule has 1 aromatic rings. The largest absolute Gasteiger partial charge is 0.370 e. The van der Waals surface area contributed by atoms with Crippen molar-refractivity contribution in [2.75, 3.05) is 6.54 Å². The Bertz CT molecular complexity index is 331. The van der Waals surface area contributed by atoms with Crippen molar-refractivity contribution in [1.82, 2.24) is 0 Å². The molecule has 0 fully saturated rings. The minimum Gasteiger partial charge on any atom is -0.370 e. The number of guanidine groups is 1. The second kappa shape index (κ2) is 5.44. The van der Waals surface area contributed by atoms with Crippen LogP contribution in [0.25, 0.3) is 0 Å². The molecule has 1 rings (SSSR count). The molecule has 6 heteroatoms. The fourth-order valence-electron chi connectivity index (χ4n) is 1.02. The third-order valence-electron chi connectivity index (χ3n) is 1.63. The van der Waals surface area contributed by atoms with Crippen molar-refractivity contribution in [3.8, 4) is 0 Å². The van der Waals surface area contributed by atoms with E-state index in [-0.39, 0.29) is 5.96 Å². The average Bonchev–Trinajstić information content (AvgIpc) is 2.39. The Morgan fingerprint density at radius 3 is 2.64 bits per heavy atom. The van der Waals surface area contributed by atoms with E-state index in [0.717, 1.165) is 22.7 Å². The zero-order valence-corrected chi connectivity index (χ0v) is 9.79. The highest BCUT2D eigenvalue weighted by Crippen LogP contribution is 2.31. The van der Waals surface area contributed by atoms with Crippen LogP contribution >= 0.6 is 34.5 Å². The maximum absolute atomic E-state index is 5.94. The van der Waals surface area contributed by atoms with Gasteiger partial charge in [-0.25, -0.2) is 0 Å². The summed E-state index contributed by atoms with van der Waals surface area (Å²) in [7, 11) is 0. The van der Waals surface area contributed by atoms with Crippen LogP contribution in [-0.4, -0.2) is 12.5 Å². The molecule has 0 aliphatic heterocycles. The Kier molecular flexibility index (Phi) is 4.51. The first kappa shape index (κ1) is 11.6. The van der Waals surface area contributed by atoms with E-state index >= 15 is 0 Å². The van der Waals surface area contributed by atoms with Crippen molar-refractivity contribution in [2.24, 2.45) is 16.5 Å². The summed E-state index contributed by atoms with van der Waals surface area (Å²) < 4.78 is 1.46. The normalized spacial score (nSPS) is 10.1. The summed E-state index contributed by atoms with van der Waals surface area (Å²) in [5, 5.41) is 0. The molecule has 0 saturated carbocycles. The summed E-state index contributed by atoms with van der Waals surface area (Å²) in [4.78, 5) is 3.88. The van der Waals surface area contributed by atoms with Gasteiger partial charge in [-0.05, 0) is 24.5 Å². The van der Waals surface area contributed by atoms with Crippen LogP contribution < -0.4 is 11.5 Å². The van der Waals surface area contributed by atoms with Crippen molar-refractivity contribution in [3.63, 3.8) is 0 Å². The highest BCUT2D eigenvalue weighted by Gasteiger charge is 2.04. The zero-order chi connectivity index (χ0) is 10.6. The Labute approximate surface area is 96.7 Å². The van der Waals surface area contributed by atoms with Gasteiger partial charge in [-0.15, -0.1) is 11.3 Å². The summed E-state index contributed by atoms with van der Waals surface area (Å²) in [5.74, 6) is 0.124. The molecular formula is C8H11Cl2N3S. The van der Waals surface area contributed by atoms with E-state index in [4.69, 9.17) is 34.7 Å². The Balaban J connectivity index is 2.38. The number of rotatable bonds is 4. The summed E-state index contributed by atoms with van der Waals surface area (Å²) in [6.07, 6.45) is 1.71. The van der Waals surface area contributed by atoms with Crippen LogP contribution in [0, 0.1) is 0 Å². The van der Waals surface area contributed by atoms with Gasteiger partial charge < -0.3 is 11.5 Å². The molecule has 0 bridgehead atoms. The van der Waals surface area contributed by atoms with Gasteiger partial charge in [-0.1, -0.05) is 23.2 Å². The number of nitrogens with zero attached hydrogens (tertiary/aromatic N) is 1. The van der Waals surface area contributed by atoms with Gasteiger partial charge in [0.15, 0.2) is 5.96 Å². The maximum atomic E-state index is 5.94. The lowest BCUT2D eigenvalue weighted by Gasteiger charge is -1.96. The predicted octanol–water partition coefficient (Wildman–Crippen LogP) is 2.26. The maximum Gasteiger partial charge on any atom is 0.185 e. The summed E-state index contributed by atoms with van der Waals surface area (Å²) in [5.41, 5.74) is 11.4. The fourth-order valence-corrected chi connectivity index (χ4v) is 2.57. The standard InChI is InChI=1S/C8H11Cl2N3S/c9-6-4-5(7(10)14-6)2-1-3-13-8(11)12/h4H,1-3H2,(H4,11,12,13). The smallest absolute Gasteiger partial charge is 0.185 e. The number of hydrogen-bond acceptors (Lipinski definition) is 2. The Hall–Kier alpha value is -0.450. The minimum atomic E-state index is 0.124. The number of aliphatic imine (C=N–C) groups is 1. The molecule has 3 nitrogen and oxygen atoms in total. The van der Waals surface area contributed by atoms with Crippen LogP contribution in [0.5, 0.6) is 0 Å². The molecule has 78 valence electrons. The summed E-state index contributed by atoms with van der Waals surface area (Å²) in [6, 6.07) is 1.88. The predicted molar refractivity (Wildman–Crippen MR) is 63.3 cm³/mol. The van der Waals surface area contributed by atoms with E-state index < -0.39 is 0 Å². The van der Waals surface area contributed by atoms with Gasteiger partial charge in [0.1, 0.15) is 0 Å². The van der Waals surface area contributed by atoms with E-state index in [0.29, 0.717) is 10.9 Å². The lowest BCUT2D eigenvalue weighted by Crippen LogP contribution is -2.23. The van der Waals surface area contributed by atoms with E-state index in [1.54, 1.807) is 0 Å². The minimum absolute atomic E-state index is 0.124. The quantitative estimate of drug-likeness (QED) is 0.490. The van der Waals surface area contributed by atoms with Crippen molar-refractivity contribution in [1.29, 1.82) is 0 Å². The van der Waals surface area contributed by atoms with Crippen molar-refractivity contribution >= 4 is 40.5 Å². The first-order valence-corrected chi connectivity index (χ1v) is 5.66. The molecule has 0 spiro atoms. The topological polar surface area (TPSA) is 64.4 Å². The molecule has 1 aromatic heterocycles. The zero-order valence-electron chi connectivity index (χ0n) is 7.46. The van der Waals surface area contributed by atoms with Crippen LogP contribution in [0.2, 0.25) is 8.67 Å². The Morgan fingerprint density at radius 1 is 1.43 bits per heavy atom. The second-order valence-electron chi connectivity index (χ2n) is 2.76. The molecule has 0 aromatic carbocycles. The molecule has 0 atom stereocenters. The van der Waals surface area contributed by atoms with Crippen LogP contribution in [0.15, 0.2) is 11.1 Å². The van der Waals surface area contributed by atoms with Crippen LogP contribution in [0.4, 0.5) is 0 Å². The fraction of sp³-hybridized carbons (Fsp3) is 0.375. The molecule has 0 amide bonds. The highest BCUT2D eigenvalue weighted by atomic mass is 35.5. The van der Waals surface area contributed by atoms with Crippen LogP contribution in [-0.2, 0) is 6.42 Å². The van der Waals surface area contributed by atoms with Crippen LogP contribution in [0.3, 0.4) is 0 Å². The van der Waals surface area contributed by atoms with Crippen LogP contribution in [0.1, 0.15) is 12.0 Å². The number of halogens is 2. The number of thiophene rings is 1. The highest BCUT2D eigenvalue weighted by molar-refractivity contribution is 7.20. The molecule has 4 N–H and O–H groups in total. The molecule has 14 heavy (non-hydrogen) atoms. The lowest BCUT2D eigenvalue weighted by atomic mass is 10.2. The molecule has 0 aliphatic carbocycles. The average molecular weight is 252 g/mol. The molecule has 0 aliphatic rings. The molecule has 0 radical (unpaired) electrons. The third kappa shape index (κ3) is 3.74. The Morgan fingerprint density at radius 2 is 2.14 bits per heavy atom. The van der Waals surface area contributed by atoms with Gasteiger partial charge in [-0.3, -0.25) is 4.99 Å². The summed E-state index contributed by atoms with van der Waals surface area (Å²) >= 11 is 13.1. The van der Waals surface area contributed by atoms with Crippen molar-refractivity contribution < 1.29 is 0 Å². The van der Waals surface area contributed by atoms with E-state index in [1.165, 1.54) is 11.3 Å².